The Hall–Kier alpha value is -2.60. The van der Waals surface area contributed by atoms with E-state index in [0.717, 1.165) is 22.2 Å². The minimum atomic E-state index is -0.496. The van der Waals surface area contributed by atoms with Gasteiger partial charge in [0, 0.05) is 18.0 Å². The number of aromatic amines is 1. The van der Waals surface area contributed by atoms with Crippen molar-refractivity contribution < 1.29 is 9.90 Å². The quantitative estimate of drug-likeness (QED) is 0.689. The largest absolute Gasteiger partial charge is 0.394 e. The molecule has 0 saturated carbocycles. The molecule has 0 saturated heterocycles. The van der Waals surface area contributed by atoms with Crippen molar-refractivity contribution >= 4 is 16.8 Å². The lowest BCUT2D eigenvalue weighted by molar-refractivity contribution is 0.0909. The van der Waals surface area contributed by atoms with Crippen molar-refractivity contribution in [2.45, 2.75) is 19.9 Å². The van der Waals surface area contributed by atoms with Gasteiger partial charge in [-0.1, -0.05) is 6.07 Å². The van der Waals surface area contributed by atoms with Gasteiger partial charge in [0.2, 0.25) is 0 Å². The Morgan fingerprint density at radius 1 is 1.43 bits per heavy atom. The van der Waals surface area contributed by atoms with E-state index in [9.17, 15) is 9.90 Å². The predicted octanol–water partition coefficient (Wildman–Crippen LogP) is 1.98. The first-order chi connectivity index (χ1) is 11.0. The fourth-order valence-electron chi connectivity index (χ4n) is 2.73. The number of aromatic nitrogens is 3. The summed E-state index contributed by atoms with van der Waals surface area (Å²) in [7, 11) is 1.83. The standard InChI is InChI=1S/C17H20N4O2/c1-10-4-5-13-12(11(10)2)6-14(19-13)17(23)20-15(8-22)16-7-18-9-21(16)3/h4-7,9,15,19,22H,8H2,1-3H3,(H,20,23)/t15-/m1/s1. The third kappa shape index (κ3) is 2.73. The normalized spacial score (nSPS) is 12.5. The molecule has 0 radical (unpaired) electrons. The minimum Gasteiger partial charge on any atom is -0.394 e. The Labute approximate surface area is 134 Å². The van der Waals surface area contributed by atoms with Gasteiger partial charge in [0.25, 0.3) is 5.91 Å². The number of hydrogen-bond acceptors (Lipinski definition) is 3. The van der Waals surface area contributed by atoms with Gasteiger partial charge in [-0.15, -0.1) is 0 Å². The minimum absolute atomic E-state index is 0.191. The molecule has 23 heavy (non-hydrogen) atoms. The zero-order chi connectivity index (χ0) is 16.6. The zero-order valence-electron chi connectivity index (χ0n) is 13.4. The number of aliphatic hydroxyl groups excluding tert-OH is 1. The Morgan fingerprint density at radius 3 is 2.87 bits per heavy atom. The number of imidazole rings is 1. The first kappa shape index (κ1) is 15.3. The zero-order valence-corrected chi connectivity index (χ0v) is 13.4. The van der Waals surface area contributed by atoms with E-state index >= 15 is 0 Å². The number of nitrogens with one attached hydrogen (secondary N) is 2. The van der Waals surface area contributed by atoms with E-state index in [4.69, 9.17) is 0 Å². The summed E-state index contributed by atoms with van der Waals surface area (Å²) < 4.78 is 1.78. The van der Waals surface area contributed by atoms with E-state index in [-0.39, 0.29) is 12.5 Å². The van der Waals surface area contributed by atoms with Crippen LogP contribution >= 0.6 is 0 Å². The van der Waals surface area contributed by atoms with Crippen LogP contribution in [0, 0.1) is 13.8 Å². The molecule has 2 aromatic heterocycles. The summed E-state index contributed by atoms with van der Waals surface area (Å²) in [5, 5.41) is 13.5. The molecule has 0 bridgehead atoms. The highest BCUT2D eigenvalue weighted by Gasteiger charge is 2.19. The smallest absolute Gasteiger partial charge is 0.268 e. The second-order valence-corrected chi connectivity index (χ2v) is 5.79. The highest BCUT2D eigenvalue weighted by atomic mass is 16.3. The van der Waals surface area contributed by atoms with Crippen LogP contribution in [0.5, 0.6) is 0 Å². The second-order valence-electron chi connectivity index (χ2n) is 5.79. The second kappa shape index (κ2) is 5.89. The van der Waals surface area contributed by atoms with E-state index in [1.807, 2.05) is 39.1 Å². The van der Waals surface area contributed by atoms with Gasteiger partial charge in [0.15, 0.2) is 0 Å². The van der Waals surface area contributed by atoms with Gasteiger partial charge in [0.05, 0.1) is 30.9 Å². The van der Waals surface area contributed by atoms with Gasteiger partial charge in [-0.25, -0.2) is 4.98 Å². The molecule has 0 aliphatic rings. The molecule has 3 rings (SSSR count). The number of aliphatic hydroxyl groups is 1. The molecule has 6 nitrogen and oxygen atoms in total. The number of H-pyrrole nitrogens is 1. The molecular formula is C17H20N4O2. The molecule has 0 fully saturated rings. The number of hydrogen-bond donors (Lipinski definition) is 3. The number of benzene rings is 1. The number of carbonyl (C=O) groups is 1. The van der Waals surface area contributed by atoms with Crippen LogP contribution in [0.25, 0.3) is 10.9 Å². The maximum absolute atomic E-state index is 12.5. The molecule has 2 heterocycles. The Kier molecular flexibility index (Phi) is 3.92. The van der Waals surface area contributed by atoms with Gasteiger partial charge in [-0.2, -0.15) is 0 Å². The lowest BCUT2D eigenvalue weighted by Crippen LogP contribution is -2.32. The van der Waals surface area contributed by atoms with E-state index in [0.29, 0.717) is 5.69 Å². The maximum Gasteiger partial charge on any atom is 0.268 e. The average molecular weight is 312 g/mol. The lowest BCUT2D eigenvalue weighted by atomic mass is 10.1. The molecule has 0 unspecified atom stereocenters. The van der Waals surface area contributed by atoms with Gasteiger partial charge in [-0.3, -0.25) is 4.79 Å². The van der Waals surface area contributed by atoms with E-state index < -0.39 is 6.04 Å². The molecule has 1 amide bonds. The lowest BCUT2D eigenvalue weighted by Gasteiger charge is -2.16. The summed E-state index contributed by atoms with van der Waals surface area (Å²) in [5.74, 6) is -0.251. The van der Waals surface area contributed by atoms with E-state index in [1.54, 1.807) is 17.1 Å². The topological polar surface area (TPSA) is 82.9 Å². The molecule has 3 aromatic rings. The molecule has 1 aromatic carbocycles. The van der Waals surface area contributed by atoms with Crippen molar-refractivity contribution in [1.82, 2.24) is 19.9 Å². The van der Waals surface area contributed by atoms with Crippen molar-refractivity contribution in [3.8, 4) is 0 Å². The fourth-order valence-corrected chi connectivity index (χ4v) is 2.73. The van der Waals surface area contributed by atoms with Gasteiger partial charge in [0.1, 0.15) is 5.69 Å². The highest BCUT2D eigenvalue weighted by Crippen LogP contribution is 2.22. The molecule has 0 aliphatic heterocycles. The number of aryl methyl sites for hydroxylation is 3. The number of carbonyl (C=O) groups excluding carboxylic acids is 1. The van der Waals surface area contributed by atoms with E-state index in [2.05, 4.69) is 15.3 Å². The molecule has 0 aliphatic carbocycles. The Morgan fingerprint density at radius 2 is 2.22 bits per heavy atom. The van der Waals surface area contributed by atoms with Gasteiger partial charge in [-0.05, 0) is 37.1 Å². The van der Waals surface area contributed by atoms with Gasteiger partial charge >= 0.3 is 0 Å². The summed E-state index contributed by atoms with van der Waals surface area (Å²) in [6.07, 6.45) is 3.28. The van der Waals surface area contributed by atoms with Crippen LogP contribution in [0.4, 0.5) is 0 Å². The van der Waals surface area contributed by atoms with Crippen LogP contribution in [0.2, 0.25) is 0 Å². The molecule has 1 atom stereocenters. The van der Waals surface area contributed by atoms with E-state index in [1.165, 1.54) is 5.56 Å². The van der Waals surface area contributed by atoms with Crippen LogP contribution in [-0.4, -0.2) is 32.2 Å². The van der Waals surface area contributed by atoms with Crippen LogP contribution in [-0.2, 0) is 7.05 Å². The first-order valence-electron chi connectivity index (χ1n) is 7.48. The molecule has 6 heteroatoms. The van der Waals surface area contributed by atoms with Crippen molar-refractivity contribution in [2.75, 3.05) is 6.61 Å². The number of nitrogens with zero attached hydrogens (tertiary/aromatic N) is 2. The summed E-state index contributed by atoms with van der Waals surface area (Å²) >= 11 is 0. The first-order valence-corrected chi connectivity index (χ1v) is 7.48. The van der Waals surface area contributed by atoms with Crippen molar-refractivity contribution in [3.05, 3.63) is 53.2 Å². The Bertz CT molecular complexity index is 863. The average Bonchev–Trinajstić information content (AvgIpc) is 3.15. The van der Waals surface area contributed by atoms with Crippen molar-refractivity contribution in [2.24, 2.45) is 7.05 Å². The van der Waals surface area contributed by atoms with Crippen LogP contribution in [0.15, 0.2) is 30.7 Å². The van der Waals surface area contributed by atoms with Crippen LogP contribution in [0.3, 0.4) is 0 Å². The summed E-state index contributed by atoms with van der Waals surface area (Å²) in [6.45, 7) is 3.90. The monoisotopic (exact) mass is 312 g/mol. The molecule has 3 N–H and O–H groups in total. The summed E-state index contributed by atoms with van der Waals surface area (Å²) in [4.78, 5) is 19.7. The molecular weight excluding hydrogens is 292 g/mol. The fraction of sp³-hybridized carbons (Fsp3) is 0.294. The van der Waals surface area contributed by atoms with Crippen LogP contribution < -0.4 is 5.32 Å². The summed E-state index contributed by atoms with van der Waals surface area (Å²) in [5.41, 5.74) is 4.51. The van der Waals surface area contributed by atoms with Gasteiger partial charge < -0.3 is 20.0 Å². The third-order valence-corrected chi connectivity index (χ3v) is 4.29. The SMILES string of the molecule is Cc1ccc2[nH]c(C(=O)N[C@H](CO)c3cncn3C)cc2c1C. The maximum atomic E-state index is 12.5. The van der Waals surface area contributed by atoms with Crippen LogP contribution in [0.1, 0.15) is 33.4 Å². The third-order valence-electron chi connectivity index (χ3n) is 4.29. The van der Waals surface area contributed by atoms with Crippen molar-refractivity contribution in [1.29, 1.82) is 0 Å². The van der Waals surface area contributed by atoms with Crippen molar-refractivity contribution in [3.63, 3.8) is 0 Å². The Balaban J connectivity index is 1.88. The summed E-state index contributed by atoms with van der Waals surface area (Å²) in [6, 6.07) is 5.36. The number of fused-ring (bicyclic) bond motifs is 1. The highest BCUT2D eigenvalue weighted by molar-refractivity contribution is 5.99. The number of amides is 1. The number of rotatable bonds is 4. The molecule has 120 valence electrons. The predicted molar refractivity (Wildman–Crippen MR) is 88.3 cm³/mol. The molecule has 0 spiro atoms.